The van der Waals surface area contributed by atoms with Crippen molar-refractivity contribution in [1.29, 1.82) is 0 Å². The summed E-state index contributed by atoms with van der Waals surface area (Å²) >= 11 is 0. The van der Waals surface area contributed by atoms with Crippen LogP contribution in [0.15, 0.2) is 24.3 Å². The van der Waals surface area contributed by atoms with E-state index in [2.05, 4.69) is 0 Å². The molecule has 0 aliphatic rings. The van der Waals surface area contributed by atoms with E-state index >= 15 is 0 Å². The Morgan fingerprint density at radius 2 is 1.73 bits per heavy atom. The number of aryl methyl sites for hydroxylation is 1. The van der Waals surface area contributed by atoms with Crippen LogP contribution in [0.3, 0.4) is 0 Å². The van der Waals surface area contributed by atoms with E-state index in [1.54, 1.807) is 0 Å². The van der Waals surface area contributed by atoms with E-state index in [4.69, 9.17) is 4.74 Å². The van der Waals surface area contributed by atoms with E-state index in [1.807, 2.05) is 45.0 Å². The normalized spacial score (nSPS) is 10.4. The smallest absolute Gasteiger partial charge is 0.314 e. The summed E-state index contributed by atoms with van der Waals surface area (Å²) in [4.78, 5) is 11.6. The maximum absolute atomic E-state index is 11.6. The van der Waals surface area contributed by atoms with Crippen molar-refractivity contribution in [3.8, 4) is 5.75 Å². The molecule has 82 valence electrons. The van der Waals surface area contributed by atoms with Crippen molar-refractivity contribution < 1.29 is 9.53 Å². The molecule has 0 heterocycles. The molecule has 0 saturated carbocycles. The summed E-state index contributed by atoms with van der Waals surface area (Å²) in [5.41, 5.74) is 1.16. The first-order valence-corrected chi connectivity index (χ1v) is 5.45. The third-order valence-electron chi connectivity index (χ3n) is 2.56. The molecule has 2 nitrogen and oxygen atoms in total. The van der Waals surface area contributed by atoms with Crippen molar-refractivity contribution in [2.24, 2.45) is 5.92 Å². The zero-order chi connectivity index (χ0) is 11.3. The fourth-order valence-corrected chi connectivity index (χ4v) is 1.43. The lowest BCUT2D eigenvalue weighted by molar-refractivity contribution is -0.139. The molecule has 0 bridgehead atoms. The van der Waals surface area contributed by atoms with Crippen LogP contribution in [-0.4, -0.2) is 5.97 Å². The summed E-state index contributed by atoms with van der Waals surface area (Å²) in [7, 11) is 0. The van der Waals surface area contributed by atoms with Gasteiger partial charge in [0.05, 0.1) is 5.92 Å². The van der Waals surface area contributed by atoms with Crippen molar-refractivity contribution in [2.75, 3.05) is 0 Å². The molecule has 0 unspecified atom stereocenters. The van der Waals surface area contributed by atoms with Gasteiger partial charge in [-0.2, -0.15) is 0 Å². The van der Waals surface area contributed by atoms with Gasteiger partial charge in [-0.15, -0.1) is 0 Å². The van der Waals surface area contributed by atoms with Crippen LogP contribution >= 0.6 is 0 Å². The van der Waals surface area contributed by atoms with Crippen molar-refractivity contribution >= 4 is 5.97 Å². The highest BCUT2D eigenvalue weighted by Crippen LogP contribution is 2.16. The Bertz CT molecular complexity index is 310. The van der Waals surface area contributed by atoms with Crippen molar-refractivity contribution in [2.45, 2.75) is 33.6 Å². The van der Waals surface area contributed by atoms with Gasteiger partial charge in [-0.3, -0.25) is 4.79 Å². The molecule has 0 aromatic heterocycles. The second-order valence-electron chi connectivity index (χ2n) is 3.75. The number of carbonyl (C=O) groups is 1. The largest absolute Gasteiger partial charge is 0.426 e. The Labute approximate surface area is 91.3 Å². The molecule has 0 aliphatic heterocycles. The molecular formula is C13H18O2. The standard InChI is InChI=1S/C13H18O2/c1-4-11(5-2)13(14)15-12-8-6-10(3)7-9-12/h6-9,11H,4-5H2,1-3H3. The van der Waals surface area contributed by atoms with E-state index < -0.39 is 0 Å². The van der Waals surface area contributed by atoms with E-state index in [9.17, 15) is 4.79 Å². The molecule has 2 heteroatoms. The molecule has 1 rings (SSSR count). The lowest BCUT2D eigenvalue weighted by Crippen LogP contribution is -2.19. The lowest BCUT2D eigenvalue weighted by Gasteiger charge is -2.11. The molecule has 0 aliphatic carbocycles. The van der Waals surface area contributed by atoms with Gasteiger partial charge in [0, 0.05) is 0 Å². The topological polar surface area (TPSA) is 26.3 Å². The highest BCUT2D eigenvalue weighted by Gasteiger charge is 2.16. The van der Waals surface area contributed by atoms with Gasteiger partial charge in [0.25, 0.3) is 0 Å². The second-order valence-corrected chi connectivity index (χ2v) is 3.75. The van der Waals surface area contributed by atoms with Crippen LogP contribution in [0, 0.1) is 12.8 Å². The maximum Gasteiger partial charge on any atom is 0.314 e. The first-order valence-electron chi connectivity index (χ1n) is 5.45. The van der Waals surface area contributed by atoms with E-state index in [0.29, 0.717) is 5.75 Å². The predicted octanol–water partition coefficient (Wildman–Crippen LogP) is 3.34. The van der Waals surface area contributed by atoms with E-state index in [-0.39, 0.29) is 11.9 Å². The Kier molecular flexibility index (Phi) is 4.35. The van der Waals surface area contributed by atoms with Gasteiger partial charge >= 0.3 is 5.97 Å². The van der Waals surface area contributed by atoms with Crippen LogP contribution in [0.25, 0.3) is 0 Å². The molecule has 0 fully saturated rings. The number of carbonyl (C=O) groups excluding carboxylic acids is 1. The first kappa shape index (κ1) is 11.8. The summed E-state index contributed by atoms with van der Waals surface area (Å²) in [5.74, 6) is 0.535. The summed E-state index contributed by atoms with van der Waals surface area (Å²) in [6.07, 6.45) is 1.67. The Hall–Kier alpha value is -1.31. The Morgan fingerprint density at radius 3 is 2.20 bits per heavy atom. The molecule has 1 aromatic rings. The highest BCUT2D eigenvalue weighted by molar-refractivity contribution is 5.74. The SMILES string of the molecule is CCC(CC)C(=O)Oc1ccc(C)cc1. The third-order valence-corrected chi connectivity index (χ3v) is 2.56. The van der Waals surface area contributed by atoms with Crippen LogP contribution in [0.2, 0.25) is 0 Å². The third kappa shape index (κ3) is 3.39. The number of benzene rings is 1. The monoisotopic (exact) mass is 206 g/mol. The molecular weight excluding hydrogens is 188 g/mol. The zero-order valence-corrected chi connectivity index (χ0v) is 9.62. The average molecular weight is 206 g/mol. The number of hydrogen-bond donors (Lipinski definition) is 0. The summed E-state index contributed by atoms with van der Waals surface area (Å²) in [6.45, 7) is 6.02. The number of ether oxygens (including phenoxy) is 1. The van der Waals surface area contributed by atoms with Crippen molar-refractivity contribution in [3.63, 3.8) is 0 Å². The van der Waals surface area contributed by atoms with Gasteiger partial charge in [0.1, 0.15) is 5.75 Å². The molecule has 0 radical (unpaired) electrons. The molecule has 1 aromatic carbocycles. The first-order chi connectivity index (χ1) is 7.17. The summed E-state index contributed by atoms with van der Waals surface area (Å²) in [5, 5.41) is 0. The molecule has 0 atom stereocenters. The second kappa shape index (κ2) is 5.54. The van der Waals surface area contributed by atoms with Gasteiger partial charge in [0.2, 0.25) is 0 Å². The van der Waals surface area contributed by atoms with Crippen LogP contribution in [0.5, 0.6) is 5.75 Å². The lowest BCUT2D eigenvalue weighted by atomic mass is 10.0. The van der Waals surface area contributed by atoms with Gasteiger partial charge in [-0.1, -0.05) is 31.5 Å². The molecule has 0 amide bonds. The minimum absolute atomic E-state index is 0.0197. The van der Waals surface area contributed by atoms with E-state index in [1.165, 1.54) is 0 Å². The quantitative estimate of drug-likeness (QED) is 0.558. The van der Waals surface area contributed by atoms with E-state index in [0.717, 1.165) is 18.4 Å². The van der Waals surface area contributed by atoms with Crippen molar-refractivity contribution in [1.82, 2.24) is 0 Å². The average Bonchev–Trinajstić information content (AvgIpc) is 2.23. The molecule has 0 spiro atoms. The zero-order valence-electron chi connectivity index (χ0n) is 9.62. The minimum Gasteiger partial charge on any atom is -0.426 e. The number of hydrogen-bond acceptors (Lipinski definition) is 2. The van der Waals surface area contributed by atoms with Gasteiger partial charge in [-0.25, -0.2) is 0 Å². The van der Waals surface area contributed by atoms with Gasteiger partial charge in [-0.05, 0) is 31.9 Å². The Balaban J connectivity index is 2.61. The summed E-state index contributed by atoms with van der Waals surface area (Å²) < 4.78 is 5.27. The fraction of sp³-hybridized carbons (Fsp3) is 0.462. The minimum atomic E-state index is -0.121. The van der Waals surface area contributed by atoms with Gasteiger partial charge in [0.15, 0.2) is 0 Å². The van der Waals surface area contributed by atoms with Crippen LogP contribution in [0.4, 0.5) is 0 Å². The highest BCUT2D eigenvalue weighted by atomic mass is 16.5. The van der Waals surface area contributed by atoms with Crippen molar-refractivity contribution in [3.05, 3.63) is 29.8 Å². The number of rotatable bonds is 4. The van der Waals surface area contributed by atoms with Gasteiger partial charge < -0.3 is 4.74 Å². The maximum atomic E-state index is 11.6. The molecule has 15 heavy (non-hydrogen) atoms. The predicted molar refractivity (Wildman–Crippen MR) is 60.9 cm³/mol. The van der Waals surface area contributed by atoms with Crippen LogP contribution in [0.1, 0.15) is 32.3 Å². The molecule has 0 N–H and O–H groups in total. The van der Waals surface area contributed by atoms with Crippen LogP contribution in [-0.2, 0) is 4.79 Å². The van der Waals surface area contributed by atoms with Crippen LogP contribution < -0.4 is 4.74 Å². The molecule has 0 saturated heterocycles. The Morgan fingerprint density at radius 1 is 1.20 bits per heavy atom. The summed E-state index contributed by atoms with van der Waals surface area (Å²) in [6, 6.07) is 7.54. The number of esters is 1. The fourth-order valence-electron chi connectivity index (χ4n) is 1.43.